The predicted molar refractivity (Wildman–Crippen MR) is 135 cm³/mol. The van der Waals surface area contributed by atoms with Crippen LogP contribution in [0, 0.1) is 6.92 Å². The molecule has 1 aliphatic rings. The van der Waals surface area contributed by atoms with Crippen LogP contribution in [0.15, 0.2) is 59.2 Å². The number of halogens is 1. The van der Waals surface area contributed by atoms with Crippen LogP contribution in [0.25, 0.3) is 17.1 Å². The third kappa shape index (κ3) is 4.79. The molecule has 4 aromatic rings. The van der Waals surface area contributed by atoms with Gasteiger partial charge in [0, 0.05) is 54.9 Å². The third-order valence-corrected chi connectivity index (χ3v) is 6.29. The Labute approximate surface area is 209 Å². The Bertz CT molecular complexity index is 1320. The number of rotatable bonds is 5. The maximum Gasteiger partial charge on any atom is 0.274 e. The number of furan rings is 1. The van der Waals surface area contributed by atoms with Gasteiger partial charge in [-0.25, -0.2) is 14.6 Å². The number of anilines is 1. The van der Waals surface area contributed by atoms with Crippen molar-refractivity contribution in [2.75, 3.05) is 31.1 Å². The second kappa shape index (κ2) is 9.54. The topological polar surface area (TPSA) is 80.3 Å². The summed E-state index contributed by atoms with van der Waals surface area (Å²) in [6.07, 6.45) is 1.61. The van der Waals surface area contributed by atoms with Gasteiger partial charge < -0.3 is 14.2 Å². The summed E-state index contributed by atoms with van der Waals surface area (Å²) in [6.45, 7) is 8.74. The lowest BCUT2D eigenvalue weighted by molar-refractivity contribution is 0.0740. The molecule has 0 aliphatic carbocycles. The summed E-state index contributed by atoms with van der Waals surface area (Å²) in [5.41, 5.74) is 2.83. The second-order valence-electron chi connectivity index (χ2n) is 8.94. The van der Waals surface area contributed by atoms with Crippen LogP contribution in [0.2, 0.25) is 5.02 Å². The van der Waals surface area contributed by atoms with Crippen molar-refractivity contribution in [1.82, 2.24) is 24.6 Å². The lowest BCUT2D eigenvalue weighted by Crippen LogP contribution is -2.49. The average molecular weight is 491 g/mol. The molecule has 0 spiro atoms. The molecule has 1 fully saturated rings. The Balaban J connectivity index is 1.36. The summed E-state index contributed by atoms with van der Waals surface area (Å²) < 4.78 is 7.33. The molecule has 1 aromatic carbocycles. The molecule has 8 nitrogen and oxygen atoms in total. The molecule has 0 bridgehead atoms. The largest absolute Gasteiger partial charge is 0.463 e. The quantitative estimate of drug-likeness (QED) is 0.393. The fraction of sp³-hybridized carbons (Fsp3) is 0.308. The van der Waals surface area contributed by atoms with Gasteiger partial charge in [0.15, 0.2) is 11.5 Å². The molecule has 0 saturated carbocycles. The first-order valence-corrected chi connectivity index (χ1v) is 12.1. The number of aromatic nitrogens is 4. The molecule has 9 heteroatoms. The van der Waals surface area contributed by atoms with Gasteiger partial charge in [-0.15, -0.1) is 0 Å². The van der Waals surface area contributed by atoms with Crippen LogP contribution in [0.5, 0.6) is 0 Å². The number of carbonyl (C=O) groups excluding carboxylic acids is 1. The lowest BCUT2D eigenvalue weighted by Gasteiger charge is -2.35. The molecule has 0 N–H and O–H groups in total. The Kier molecular flexibility index (Phi) is 6.30. The zero-order chi connectivity index (χ0) is 24.5. The zero-order valence-corrected chi connectivity index (χ0v) is 20.7. The molecule has 0 unspecified atom stereocenters. The van der Waals surface area contributed by atoms with E-state index in [4.69, 9.17) is 21.0 Å². The van der Waals surface area contributed by atoms with Crippen LogP contribution in [-0.4, -0.2) is 56.7 Å². The molecule has 4 heterocycles. The van der Waals surface area contributed by atoms with E-state index >= 15 is 0 Å². The monoisotopic (exact) mass is 490 g/mol. The second-order valence-corrected chi connectivity index (χ2v) is 9.38. The fourth-order valence-corrected chi connectivity index (χ4v) is 4.29. The van der Waals surface area contributed by atoms with Gasteiger partial charge in [-0.3, -0.25) is 4.79 Å². The van der Waals surface area contributed by atoms with Crippen LogP contribution < -0.4 is 4.90 Å². The van der Waals surface area contributed by atoms with Crippen molar-refractivity contribution < 1.29 is 9.21 Å². The first-order chi connectivity index (χ1) is 16.9. The molecule has 0 atom stereocenters. The first-order valence-electron chi connectivity index (χ1n) is 11.7. The van der Waals surface area contributed by atoms with Crippen molar-refractivity contribution >= 4 is 23.3 Å². The van der Waals surface area contributed by atoms with Crippen molar-refractivity contribution in [2.45, 2.75) is 26.7 Å². The molecule has 3 aromatic heterocycles. The Hall–Kier alpha value is -3.65. The Morgan fingerprint density at radius 2 is 1.77 bits per heavy atom. The van der Waals surface area contributed by atoms with Gasteiger partial charge >= 0.3 is 0 Å². The first kappa shape index (κ1) is 23.1. The number of piperazine rings is 1. The highest BCUT2D eigenvalue weighted by atomic mass is 35.5. The zero-order valence-electron chi connectivity index (χ0n) is 20.0. The van der Waals surface area contributed by atoms with E-state index in [0.717, 1.165) is 23.0 Å². The molecule has 180 valence electrons. The van der Waals surface area contributed by atoms with Crippen LogP contribution in [0.3, 0.4) is 0 Å². The van der Waals surface area contributed by atoms with Crippen molar-refractivity contribution in [3.05, 3.63) is 77.0 Å². The number of nitrogens with zero attached hydrogens (tertiary/aromatic N) is 6. The normalized spacial score (nSPS) is 14.1. The number of benzene rings is 1. The van der Waals surface area contributed by atoms with Crippen molar-refractivity contribution in [3.63, 3.8) is 0 Å². The Morgan fingerprint density at radius 3 is 2.43 bits per heavy atom. The molecule has 5 rings (SSSR count). The summed E-state index contributed by atoms with van der Waals surface area (Å²) in [5, 5.41) is 5.28. The lowest BCUT2D eigenvalue weighted by atomic mass is 10.2. The minimum absolute atomic E-state index is 0.105. The maximum absolute atomic E-state index is 13.4. The number of hydrogen-bond acceptors (Lipinski definition) is 6. The highest BCUT2D eigenvalue weighted by Gasteiger charge is 2.27. The van der Waals surface area contributed by atoms with Gasteiger partial charge in [0.2, 0.25) is 0 Å². The smallest absolute Gasteiger partial charge is 0.274 e. The molecule has 1 saturated heterocycles. The SMILES string of the molecule is Cc1cc(N2CCN(C(=O)c3cc(-c4ccco4)n(-c4ccc(Cl)cc4)n3)CC2)nc(C(C)C)n1. The average Bonchev–Trinajstić information content (AvgIpc) is 3.54. The van der Waals surface area contributed by atoms with Crippen LogP contribution in [-0.2, 0) is 0 Å². The molecular formula is C26H27ClN6O2. The molecule has 1 aliphatic heterocycles. The minimum atomic E-state index is -0.105. The van der Waals surface area contributed by atoms with Gasteiger partial charge in [0.1, 0.15) is 17.3 Å². The van der Waals surface area contributed by atoms with E-state index in [9.17, 15) is 4.79 Å². The van der Waals surface area contributed by atoms with Crippen LogP contribution >= 0.6 is 11.6 Å². The van der Waals surface area contributed by atoms with E-state index in [1.54, 1.807) is 29.1 Å². The minimum Gasteiger partial charge on any atom is -0.463 e. The van der Waals surface area contributed by atoms with Crippen LogP contribution in [0.1, 0.15) is 41.8 Å². The number of amides is 1. The molecule has 35 heavy (non-hydrogen) atoms. The summed E-state index contributed by atoms with van der Waals surface area (Å²) in [5.74, 6) is 2.55. The van der Waals surface area contributed by atoms with Crippen LogP contribution in [0.4, 0.5) is 5.82 Å². The van der Waals surface area contributed by atoms with Crippen molar-refractivity contribution in [3.8, 4) is 17.1 Å². The van der Waals surface area contributed by atoms with Gasteiger partial charge in [-0.2, -0.15) is 5.10 Å². The summed E-state index contributed by atoms with van der Waals surface area (Å²) in [7, 11) is 0. The number of hydrogen-bond donors (Lipinski definition) is 0. The summed E-state index contributed by atoms with van der Waals surface area (Å²) in [4.78, 5) is 26.8. The highest BCUT2D eigenvalue weighted by Crippen LogP contribution is 2.26. The van der Waals surface area contributed by atoms with E-state index in [2.05, 4.69) is 28.8 Å². The van der Waals surface area contributed by atoms with E-state index < -0.39 is 0 Å². The van der Waals surface area contributed by atoms with Crippen molar-refractivity contribution in [2.24, 2.45) is 0 Å². The molecule has 0 radical (unpaired) electrons. The number of aryl methyl sites for hydroxylation is 1. The highest BCUT2D eigenvalue weighted by molar-refractivity contribution is 6.30. The van der Waals surface area contributed by atoms with Gasteiger partial charge in [-0.05, 0) is 43.3 Å². The molecular weight excluding hydrogens is 464 g/mol. The maximum atomic E-state index is 13.4. The summed E-state index contributed by atoms with van der Waals surface area (Å²) >= 11 is 6.06. The van der Waals surface area contributed by atoms with E-state index in [-0.39, 0.29) is 11.8 Å². The van der Waals surface area contributed by atoms with E-state index in [0.29, 0.717) is 48.3 Å². The van der Waals surface area contributed by atoms with Gasteiger partial charge in [0.05, 0.1) is 12.0 Å². The molecule has 1 amide bonds. The fourth-order valence-electron chi connectivity index (χ4n) is 4.16. The standard InChI is InChI=1S/C26H27ClN6O2/c1-17(2)25-28-18(3)15-24(29-25)31-10-12-32(13-11-31)26(34)21-16-22(23-5-4-14-35-23)33(30-21)20-8-6-19(27)7-9-20/h4-9,14-17H,10-13H2,1-3H3. The number of carbonyl (C=O) groups is 1. The third-order valence-electron chi connectivity index (χ3n) is 6.04. The van der Waals surface area contributed by atoms with Gasteiger partial charge in [-0.1, -0.05) is 25.4 Å². The van der Waals surface area contributed by atoms with E-state index in [1.165, 1.54) is 0 Å². The Morgan fingerprint density at radius 1 is 1.03 bits per heavy atom. The van der Waals surface area contributed by atoms with Crippen molar-refractivity contribution in [1.29, 1.82) is 0 Å². The summed E-state index contributed by atoms with van der Waals surface area (Å²) in [6, 6.07) is 14.8. The van der Waals surface area contributed by atoms with Gasteiger partial charge in [0.25, 0.3) is 5.91 Å². The van der Waals surface area contributed by atoms with E-state index in [1.807, 2.05) is 42.2 Å². The predicted octanol–water partition coefficient (Wildman–Crippen LogP) is 4.97.